The van der Waals surface area contributed by atoms with Gasteiger partial charge in [0.15, 0.2) is 0 Å². The Balaban J connectivity index is 1.65. The summed E-state index contributed by atoms with van der Waals surface area (Å²) in [5.74, 6) is -0.906. The van der Waals surface area contributed by atoms with Gasteiger partial charge in [0.1, 0.15) is 12.1 Å². The van der Waals surface area contributed by atoms with Crippen molar-refractivity contribution >= 4 is 29.4 Å². The van der Waals surface area contributed by atoms with Crippen molar-refractivity contribution in [1.82, 2.24) is 15.1 Å². The van der Waals surface area contributed by atoms with Gasteiger partial charge in [-0.15, -0.1) is 0 Å². The van der Waals surface area contributed by atoms with Gasteiger partial charge < -0.3 is 15.5 Å². The average Bonchev–Trinajstić information content (AvgIpc) is 2.93. The van der Waals surface area contributed by atoms with Crippen LogP contribution in [0, 0.1) is 0 Å². The summed E-state index contributed by atoms with van der Waals surface area (Å²) < 4.78 is 0. The first-order valence-corrected chi connectivity index (χ1v) is 10.2. The third-order valence-corrected chi connectivity index (χ3v) is 5.70. The number of rotatable bonds is 6. The highest BCUT2D eigenvalue weighted by Crippen LogP contribution is 2.33. The molecule has 1 aromatic carbocycles. The molecule has 0 unspecified atom stereocenters. The summed E-state index contributed by atoms with van der Waals surface area (Å²) in [7, 11) is 0. The SMILES string of the molecule is CCN(CC)C(=O)c1cccc(NC(=O)CN2C(=O)NC3(CCCCC3)C2=O)c1. The molecule has 156 valence electrons. The zero-order valence-corrected chi connectivity index (χ0v) is 17.0. The molecule has 1 saturated heterocycles. The molecule has 8 heteroatoms. The quantitative estimate of drug-likeness (QED) is 0.716. The molecule has 8 nitrogen and oxygen atoms in total. The molecule has 0 radical (unpaired) electrons. The lowest BCUT2D eigenvalue weighted by atomic mass is 9.82. The van der Waals surface area contributed by atoms with E-state index in [1.54, 1.807) is 29.2 Å². The van der Waals surface area contributed by atoms with Gasteiger partial charge in [0, 0.05) is 24.3 Å². The van der Waals surface area contributed by atoms with Gasteiger partial charge in [0.05, 0.1) is 0 Å². The molecule has 1 aliphatic carbocycles. The zero-order chi connectivity index (χ0) is 21.0. The lowest BCUT2D eigenvalue weighted by Crippen LogP contribution is -2.48. The van der Waals surface area contributed by atoms with E-state index in [1.807, 2.05) is 13.8 Å². The highest BCUT2D eigenvalue weighted by Gasteiger charge is 2.51. The van der Waals surface area contributed by atoms with Crippen molar-refractivity contribution in [3.05, 3.63) is 29.8 Å². The maximum Gasteiger partial charge on any atom is 0.325 e. The van der Waals surface area contributed by atoms with Crippen LogP contribution in [0.2, 0.25) is 0 Å². The van der Waals surface area contributed by atoms with Crippen molar-refractivity contribution in [3.63, 3.8) is 0 Å². The number of amides is 5. The number of imide groups is 1. The largest absolute Gasteiger partial charge is 0.339 e. The molecule has 5 amide bonds. The Kier molecular flexibility index (Phi) is 6.20. The first kappa shape index (κ1) is 20.8. The van der Waals surface area contributed by atoms with Gasteiger partial charge in [-0.3, -0.25) is 19.3 Å². The fourth-order valence-corrected chi connectivity index (χ4v) is 4.08. The van der Waals surface area contributed by atoms with E-state index in [0.29, 0.717) is 37.2 Å². The van der Waals surface area contributed by atoms with Crippen LogP contribution in [0.25, 0.3) is 0 Å². The maximum atomic E-state index is 12.8. The molecule has 29 heavy (non-hydrogen) atoms. The molecular formula is C21H28N4O4. The second-order valence-corrected chi connectivity index (χ2v) is 7.57. The number of carbonyl (C=O) groups is 4. The van der Waals surface area contributed by atoms with E-state index in [9.17, 15) is 19.2 Å². The number of nitrogens with one attached hydrogen (secondary N) is 2. The van der Waals surface area contributed by atoms with E-state index in [4.69, 9.17) is 0 Å². The molecule has 2 aliphatic rings. The van der Waals surface area contributed by atoms with Crippen LogP contribution < -0.4 is 10.6 Å². The van der Waals surface area contributed by atoms with Crippen LogP contribution in [-0.2, 0) is 9.59 Å². The predicted octanol–water partition coefficient (Wildman–Crippen LogP) is 2.36. The van der Waals surface area contributed by atoms with Crippen molar-refractivity contribution in [2.45, 2.75) is 51.5 Å². The van der Waals surface area contributed by atoms with E-state index in [2.05, 4.69) is 10.6 Å². The molecule has 0 bridgehead atoms. The van der Waals surface area contributed by atoms with E-state index < -0.39 is 17.5 Å². The Hall–Kier alpha value is -2.90. The third-order valence-electron chi connectivity index (χ3n) is 5.70. The lowest BCUT2D eigenvalue weighted by molar-refractivity contribution is -0.134. The molecule has 2 fully saturated rings. The number of hydrogen-bond acceptors (Lipinski definition) is 4. The summed E-state index contributed by atoms with van der Waals surface area (Å²) in [5.41, 5.74) is 0.0845. The fraction of sp³-hybridized carbons (Fsp3) is 0.524. The van der Waals surface area contributed by atoms with Crippen molar-refractivity contribution in [2.75, 3.05) is 25.0 Å². The highest BCUT2D eigenvalue weighted by atomic mass is 16.2. The van der Waals surface area contributed by atoms with Crippen LogP contribution in [0.3, 0.4) is 0 Å². The summed E-state index contributed by atoms with van der Waals surface area (Å²) in [6.45, 7) is 4.66. The Morgan fingerprint density at radius 2 is 1.83 bits per heavy atom. The number of nitrogens with zero attached hydrogens (tertiary/aromatic N) is 2. The molecule has 0 aromatic heterocycles. The second-order valence-electron chi connectivity index (χ2n) is 7.57. The smallest absolute Gasteiger partial charge is 0.325 e. The number of urea groups is 1. The average molecular weight is 400 g/mol. The Bertz CT molecular complexity index is 813. The van der Waals surface area contributed by atoms with Crippen LogP contribution in [0.1, 0.15) is 56.3 Å². The Labute approximate surface area is 170 Å². The van der Waals surface area contributed by atoms with Gasteiger partial charge in [0.25, 0.3) is 11.8 Å². The van der Waals surface area contributed by atoms with E-state index in [0.717, 1.165) is 24.2 Å². The number of hydrogen-bond donors (Lipinski definition) is 2. The maximum absolute atomic E-state index is 12.8. The normalized spacial score (nSPS) is 17.9. The summed E-state index contributed by atoms with van der Waals surface area (Å²) in [5, 5.41) is 5.48. The monoisotopic (exact) mass is 400 g/mol. The van der Waals surface area contributed by atoms with Crippen LogP contribution in [-0.4, -0.2) is 58.7 Å². The summed E-state index contributed by atoms with van der Waals surface area (Å²) in [6.07, 6.45) is 4.06. The van der Waals surface area contributed by atoms with Crippen LogP contribution in [0.4, 0.5) is 10.5 Å². The topological polar surface area (TPSA) is 98.8 Å². The Morgan fingerprint density at radius 1 is 1.14 bits per heavy atom. The van der Waals surface area contributed by atoms with E-state index in [-0.39, 0.29) is 18.4 Å². The van der Waals surface area contributed by atoms with Gasteiger partial charge >= 0.3 is 6.03 Å². The van der Waals surface area contributed by atoms with Gasteiger partial charge in [-0.1, -0.05) is 25.3 Å². The second kappa shape index (κ2) is 8.63. The minimum absolute atomic E-state index is 0.112. The first-order chi connectivity index (χ1) is 13.9. The highest BCUT2D eigenvalue weighted by molar-refractivity contribution is 6.10. The van der Waals surface area contributed by atoms with Gasteiger partial charge in [-0.25, -0.2) is 4.79 Å². The Morgan fingerprint density at radius 3 is 2.48 bits per heavy atom. The van der Waals surface area contributed by atoms with Crippen LogP contribution >= 0.6 is 0 Å². The van der Waals surface area contributed by atoms with Crippen molar-refractivity contribution in [2.24, 2.45) is 0 Å². The van der Waals surface area contributed by atoms with Crippen LogP contribution in [0.5, 0.6) is 0 Å². The molecule has 1 aliphatic heterocycles. The molecule has 2 N–H and O–H groups in total. The van der Waals surface area contributed by atoms with E-state index in [1.165, 1.54) is 0 Å². The van der Waals surface area contributed by atoms with Gasteiger partial charge in [-0.2, -0.15) is 0 Å². The van der Waals surface area contributed by atoms with Crippen LogP contribution in [0.15, 0.2) is 24.3 Å². The van der Waals surface area contributed by atoms with Gasteiger partial charge in [0.2, 0.25) is 5.91 Å². The summed E-state index contributed by atoms with van der Waals surface area (Å²) in [6, 6.07) is 6.15. The van der Waals surface area contributed by atoms with Crippen molar-refractivity contribution < 1.29 is 19.2 Å². The molecule has 0 atom stereocenters. The summed E-state index contributed by atoms with van der Waals surface area (Å²) >= 11 is 0. The zero-order valence-electron chi connectivity index (χ0n) is 17.0. The number of carbonyl (C=O) groups excluding carboxylic acids is 4. The number of benzene rings is 1. The molecule has 1 spiro atoms. The molecule has 1 saturated carbocycles. The van der Waals surface area contributed by atoms with Crippen molar-refractivity contribution in [1.29, 1.82) is 0 Å². The molecule has 3 rings (SSSR count). The first-order valence-electron chi connectivity index (χ1n) is 10.2. The molecule has 1 aromatic rings. The van der Waals surface area contributed by atoms with Gasteiger partial charge in [-0.05, 0) is 44.9 Å². The predicted molar refractivity (Wildman–Crippen MR) is 108 cm³/mol. The molecule has 1 heterocycles. The standard InChI is InChI=1S/C21H28N4O4/c1-3-24(4-2)18(27)15-9-8-10-16(13-15)22-17(26)14-25-19(28)21(23-20(25)29)11-6-5-7-12-21/h8-10,13H,3-7,11-12,14H2,1-2H3,(H,22,26)(H,23,29). The third kappa shape index (κ3) is 4.26. The number of anilines is 1. The minimum Gasteiger partial charge on any atom is -0.339 e. The van der Waals surface area contributed by atoms with Crippen molar-refractivity contribution in [3.8, 4) is 0 Å². The van der Waals surface area contributed by atoms with E-state index >= 15 is 0 Å². The fourth-order valence-electron chi connectivity index (χ4n) is 4.08. The molecular weight excluding hydrogens is 372 g/mol. The lowest BCUT2D eigenvalue weighted by Gasteiger charge is -2.30. The minimum atomic E-state index is -0.842. The summed E-state index contributed by atoms with van der Waals surface area (Å²) in [4.78, 5) is 52.7.